The predicted molar refractivity (Wildman–Crippen MR) is 97.6 cm³/mol. The van der Waals surface area contributed by atoms with Gasteiger partial charge < -0.3 is 15.3 Å². The van der Waals surface area contributed by atoms with Crippen molar-refractivity contribution < 1.29 is 4.79 Å². The molecule has 4 rings (SSSR count). The van der Waals surface area contributed by atoms with E-state index in [1.54, 1.807) is 0 Å². The first-order valence-corrected chi connectivity index (χ1v) is 8.58. The zero-order valence-electron chi connectivity index (χ0n) is 14.3. The molecule has 0 unspecified atom stereocenters. The van der Waals surface area contributed by atoms with E-state index in [4.69, 9.17) is 0 Å². The van der Waals surface area contributed by atoms with Gasteiger partial charge in [0.25, 0.3) is 0 Å². The number of fused-ring (bicyclic) bond motifs is 1. The molecule has 128 valence electrons. The second-order valence-corrected chi connectivity index (χ2v) is 7.03. The number of hydrogen-bond acceptors (Lipinski definition) is 2. The van der Waals surface area contributed by atoms with E-state index >= 15 is 0 Å². The highest BCUT2D eigenvalue weighted by molar-refractivity contribution is 5.91. The van der Waals surface area contributed by atoms with Crippen LogP contribution in [0.4, 0.5) is 0 Å². The number of carbonyl (C=O) groups excluding carboxylic acids is 1. The molecule has 5 nitrogen and oxygen atoms in total. The van der Waals surface area contributed by atoms with Crippen LogP contribution < -0.4 is 11.0 Å². The van der Waals surface area contributed by atoms with Gasteiger partial charge in [-0.05, 0) is 49.9 Å². The topological polar surface area (TPSA) is 77.8 Å². The number of aromatic nitrogens is 2. The lowest BCUT2D eigenvalue weighted by atomic mass is 9.93. The van der Waals surface area contributed by atoms with Gasteiger partial charge in [-0.3, -0.25) is 4.79 Å². The van der Waals surface area contributed by atoms with E-state index in [1.807, 2.05) is 50.2 Å². The first-order valence-electron chi connectivity index (χ1n) is 8.58. The highest BCUT2D eigenvalue weighted by Gasteiger charge is 2.51. The van der Waals surface area contributed by atoms with Crippen LogP contribution in [-0.4, -0.2) is 15.9 Å². The minimum atomic E-state index is -0.382. The fourth-order valence-electron chi connectivity index (χ4n) is 3.45. The molecule has 5 heteroatoms. The fourth-order valence-corrected chi connectivity index (χ4v) is 3.45. The Morgan fingerprint density at radius 3 is 2.60 bits per heavy atom. The standard InChI is InChI=1S/C20H21N3O2/c1-12-4-3-5-15(10-12)20(8-9-20)18(24)21-13(2)14-6-7-16-17(11-14)23-19(25)22-16/h3-7,10-11,13H,8-9H2,1-2H3,(H,21,24)(H2,22,23,25)/t13-/m1/s1. The molecule has 3 aromatic rings. The van der Waals surface area contributed by atoms with Crippen molar-refractivity contribution in [3.8, 4) is 0 Å². The van der Waals surface area contributed by atoms with Crippen LogP contribution in [0.2, 0.25) is 0 Å². The molecule has 0 spiro atoms. The molecule has 2 aromatic carbocycles. The van der Waals surface area contributed by atoms with E-state index in [-0.39, 0.29) is 23.1 Å². The van der Waals surface area contributed by atoms with Crippen molar-refractivity contribution in [3.05, 3.63) is 69.6 Å². The van der Waals surface area contributed by atoms with E-state index in [9.17, 15) is 9.59 Å². The number of imidazole rings is 1. The van der Waals surface area contributed by atoms with E-state index in [1.165, 1.54) is 5.56 Å². The summed E-state index contributed by atoms with van der Waals surface area (Å²) in [6.45, 7) is 4.02. The van der Waals surface area contributed by atoms with E-state index in [0.717, 1.165) is 35.0 Å². The molecule has 0 bridgehead atoms. The van der Waals surface area contributed by atoms with Gasteiger partial charge in [0.05, 0.1) is 22.5 Å². The van der Waals surface area contributed by atoms with Gasteiger partial charge >= 0.3 is 5.69 Å². The summed E-state index contributed by atoms with van der Waals surface area (Å²) in [5.41, 5.74) is 4.16. The Kier molecular flexibility index (Phi) is 3.53. The molecule has 1 saturated carbocycles. The average molecular weight is 335 g/mol. The molecular formula is C20H21N3O2. The molecule has 1 atom stereocenters. The highest BCUT2D eigenvalue weighted by atomic mass is 16.2. The number of aryl methyl sites for hydroxylation is 1. The van der Waals surface area contributed by atoms with E-state index < -0.39 is 0 Å². The van der Waals surface area contributed by atoms with Gasteiger partial charge in [0.2, 0.25) is 5.91 Å². The summed E-state index contributed by atoms with van der Waals surface area (Å²) in [4.78, 5) is 29.8. The molecule has 1 aliphatic rings. The van der Waals surface area contributed by atoms with Crippen LogP contribution in [-0.2, 0) is 10.2 Å². The van der Waals surface area contributed by atoms with Crippen molar-refractivity contribution in [3.63, 3.8) is 0 Å². The van der Waals surface area contributed by atoms with Crippen molar-refractivity contribution in [2.45, 2.75) is 38.1 Å². The van der Waals surface area contributed by atoms with E-state index in [0.29, 0.717) is 0 Å². The van der Waals surface area contributed by atoms with Crippen molar-refractivity contribution in [2.75, 3.05) is 0 Å². The largest absolute Gasteiger partial charge is 0.349 e. The summed E-state index contributed by atoms with van der Waals surface area (Å²) in [6.07, 6.45) is 1.78. The summed E-state index contributed by atoms with van der Waals surface area (Å²) < 4.78 is 0. The number of H-pyrrole nitrogens is 2. The van der Waals surface area contributed by atoms with Crippen LogP contribution in [0.25, 0.3) is 11.0 Å². The van der Waals surface area contributed by atoms with Gasteiger partial charge in [-0.15, -0.1) is 0 Å². The number of hydrogen-bond donors (Lipinski definition) is 3. The SMILES string of the molecule is Cc1cccc(C2(C(=O)N[C@H](C)c3ccc4[nH]c(=O)[nH]c4c3)CC2)c1. The van der Waals surface area contributed by atoms with Gasteiger partial charge in [0.1, 0.15) is 0 Å². The van der Waals surface area contributed by atoms with Crippen molar-refractivity contribution in [2.24, 2.45) is 0 Å². The quantitative estimate of drug-likeness (QED) is 0.685. The number of rotatable bonds is 4. The van der Waals surface area contributed by atoms with Gasteiger partial charge in [0.15, 0.2) is 0 Å². The first-order chi connectivity index (χ1) is 12.0. The molecule has 3 N–H and O–H groups in total. The smallest absolute Gasteiger partial charge is 0.323 e. The Hall–Kier alpha value is -2.82. The molecule has 0 radical (unpaired) electrons. The van der Waals surface area contributed by atoms with Crippen molar-refractivity contribution in [1.82, 2.24) is 15.3 Å². The zero-order valence-corrected chi connectivity index (χ0v) is 14.3. The third-order valence-corrected chi connectivity index (χ3v) is 5.14. The normalized spacial score (nSPS) is 16.6. The minimum Gasteiger partial charge on any atom is -0.349 e. The maximum Gasteiger partial charge on any atom is 0.323 e. The summed E-state index contributed by atoms with van der Waals surface area (Å²) in [6, 6.07) is 13.8. The maximum absolute atomic E-state index is 12.9. The second kappa shape index (κ2) is 5.62. The molecule has 0 saturated heterocycles. The monoisotopic (exact) mass is 335 g/mol. The first kappa shape index (κ1) is 15.7. The number of amides is 1. The zero-order chi connectivity index (χ0) is 17.6. The predicted octanol–water partition coefficient (Wildman–Crippen LogP) is 3.07. The third-order valence-electron chi connectivity index (χ3n) is 5.14. The fraction of sp³-hybridized carbons (Fsp3) is 0.300. The van der Waals surface area contributed by atoms with Crippen LogP contribution in [0.3, 0.4) is 0 Å². The molecule has 1 heterocycles. The molecular weight excluding hydrogens is 314 g/mol. The van der Waals surface area contributed by atoms with Crippen LogP contribution in [0.15, 0.2) is 47.3 Å². The van der Waals surface area contributed by atoms with Crippen LogP contribution >= 0.6 is 0 Å². The lowest BCUT2D eigenvalue weighted by Gasteiger charge is -2.21. The summed E-state index contributed by atoms with van der Waals surface area (Å²) in [5, 5.41) is 3.15. The molecule has 1 aromatic heterocycles. The molecule has 0 aliphatic heterocycles. The van der Waals surface area contributed by atoms with Crippen molar-refractivity contribution >= 4 is 16.9 Å². The second-order valence-electron chi connectivity index (χ2n) is 7.03. The van der Waals surface area contributed by atoms with Gasteiger partial charge in [0, 0.05) is 0 Å². The van der Waals surface area contributed by atoms with E-state index in [2.05, 4.69) is 21.4 Å². The summed E-state index contributed by atoms with van der Waals surface area (Å²) in [7, 11) is 0. The summed E-state index contributed by atoms with van der Waals surface area (Å²) >= 11 is 0. The maximum atomic E-state index is 12.9. The number of aromatic amines is 2. The van der Waals surface area contributed by atoms with Gasteiger partial charge in [-0.25, -0.2) is 4.79 Å². The number of nitrogens with one attached hydrogen (secondary N) is 3. The molecule has 25 heavy (non-hydrogen) atoms. The van der Waals surface area contributed by atoms with Gasteiger partial charge in [-0.1, -0.05) is 35.9 Å². The Balaban J connectivity index is 1.56. The molecule has 1 fully saturated rings. The summed E-state index contributed by atoms with van der Waals surface area (Å²) in [5.74, 6) is 0.0771. The Bertz CT molecular complexity index is 1010. The molecule has 1 aliphatic carbocycles. The van der Waals surface area contributed by atoms with Gasteiger partial charge in [-0.2, -0.15) is 0 Å². The van der Waals surface area contributed by atoms with Crippen LogP contribution in [0.5, 0.6) is 0 Å². The lowest BCUT2D eigenvalue weighted by Crippen LogP contribution is -2.36. The minimum absolute atomic E-state index is 0.0771. The van der Waals surface area contributed by atoms with Crippen LogP contribution in [0, 0.1) is 6.92 Å². The average Bonchev–Trinajstić information content (AvgIpc) is 3.30. The number of carbonyl (C=O) groups is 1. The van der Waals surface area contributed by atoms with Crippen LogP contribution in [0.1, 0.15) is 42.5 Å². The Morgan fingerprint density at radius 1 is 1.12 bits per heavy atom. The number of benzene rings is 2. The Morgan fingerprint density at radius 2 is 1.88 bits per heavy atom. The highest BCUT2D eigenvalue weighted by Crippen LogP contribution is 2.48. The van der Waals surface area contributed by atoms with Crippen molar-refractivity contribution in [1.29, 1.82) is 0 Å². The lowest BCUT2D eigenvalue weighted by molar-refractivity contribution is -0.124. The third kappa shape index (κ3) is 2.76. The Labute approximate surface area is 145 Å². The molecule has 1 amide bonds.